The first-order valence-electron chi connectivity index (χ1n) is 8.39. The van der Waals surface area contributed by atoms with E-state index in [9.17, 15) is 0 Å². The first kappa shape index (κ1) is 17.2. The van der Waals surface area contributed by atoms with Crippen LogP contribution in [0.15, 0.2) is 54.2 Å². The van der Waals surface area contributed by atoms with Gasteiger partial charge in [0, 0.05) is 16.6 Å². The summed E-state index contributed by atoms with van der Waals surface area (Å²) in [4.78, 5) is 4.72. The average molecular weight is 378 g/mol. The monoisotopic (exact) mass is 378 g/mol. The number of anilines is 1. The third-order valence-corrected chi connectivity index (χ3v) is 5.09. The minimum atomic E-state index is 0.637. The number of aryl methyl sites for hydroxylation is 1. The van der Waals surface area contributed by atoms with Crippen molar-refractivity contribution in [2.75, 3.05) is 12.4 Å². The largest absolute Gasteiger partial charge is 0.497 e. The molecule has 2 aromatic heterocycles. The van der Waals surface area contributed by atoms with Crippen molar-refractivity contribution in [2.45, 2.75) is 13.5 Å². The van der Waals surface area contributed by atoms with Gasteiger partial charge in [0.15, 0.2) is 0 Å². The van der Waals surface area contributed by atoms with Crippen LogP contribution in [0, 0.1) is 6.92 Å². The van der Waals surface area contributed by atoms with E-state index in [-0.39, 0.29) is 0 Å². The molecule has 0 fully saturated rings. The molecule has 4 rings (SSSR count). The second-order valence-electron chi connectivity index (χ2n) is 5.99. The van der Waals surface area contributed by atoms with Gasteiger partial charge in [0.05, 0.1) is 25.0 Å². The molecule has 0 aliphatic rings. The lowest BCUT2D eigenvalue weighted by atomic mass is 10.2. The highest BCUT2D eigenvalue weighted by Gasteiger charge is 2.08. The smallest absolute Gasteiger partial charge is 0.143 e. The van der Waals surface area contributed by atoms with Gasteiger partial charge < -0.3 is 10.1 Å². The Hall–Kier alpha value is -3.26. The fraction of sp³-hybridized carbons (Fsp3) is 0.158. The van der Waals surface area contributed by atoms with Crippen molar-refractivity contribution in [3.8, 4) is 22.0 Å². The quantitative estimate of drug-likeness (QED) is 0.551. The number of aromatic nitrogens is 5. The number of methoxy groups -OCH3 is 1. The van der Waals surface area contributed by atoms with E-state index in [0.717, 1.165) is 39.0 Å². The second kappa shape index (κ2) is 7.55. The van der Waals surface area contributed by atoms with Crippen LogP contribution in [0.1, 0.15) is 11.3 Å². The van der Waals surface area contributed by atoms with Crippen LogP contribution in [0.2, 0.25) is 0 Å². The molecule has 0 radical (unpaired) electrons. The molecule has 0 amide bonds. The molecule has 136 valence electrons. The Bertz CT molecular complexity index is 1040. The fourth-order valence-electron chi connectivity index (χ4n) is 2.71. The molecule has 0 unspecified atom stereocenters. The number of benzene rings is 2. The van der Waals surface area contributed by atoms with Crippen LogP contribution in [0.4, 0.5) is 5.69 Å². The zero-order valence-corrected chi connectivity index (χ0v) is 15.8. The number of nitrogens with zero attached hydrogens (tertiary/aromatic N) is 5. The van der Waals surface area contributed by atoms with Crippen molar-refractivity contribution in [3.05, 3.63) is 65.4 Å². The molecule has 0 aliphatic heterocycles. The van der Waals surface area contributed by atoms with E-state index < -0.39 is 0 Å². The van der Waals surface area contributed by atoms with Crippen molar-refractivity contribution in [3.63, 3.8) is 0 Å². The number of ether oxygens (including phenoxy) is 1. The second-order valence-corrected chi connectivity index (χ2v) is 6.84. The van der Waals surface area contributed by atoms with Gasteiger partial charge in [-0.3, -0.25) is 0 Å². The third kappa shape index (κ3) is 3.80. The molecule has 8 heteroatoms. The number of hydrogen-bond donors (Lipinski definition) is 1. The van der Waals surface area contributed by atoms with Crippen LogP contribution in [-0.2, 0) is 6.54 Å². The molecule has 7 nitrogen and oxygen atoms in total. The first-order chi connectivity index (χ1) is 13.2. The van der Waals surface area contributed by atoms with Crippen molar-refractivity contribution in [2.24, 2.45) is 0 Å². The Morgan fingerprint density at radius 2 is 2.11 bits per heavy atom. The normalized spacial score (nSPS) is 10.7. The molecule has 0 saturated carbocycles. The van der Waals surface area contributed by atoms with Crippen LogP contribution < -0.4 is 10.1 Å². The third-order valence-electron chi connectivity index (χ3n) is 4.15. The summed E-state index contributed by atoms with van der Waals surface area (Å²) < 4.78 is 6.95. The molecule has 1 N–H and O–H groups in total. The summed E-state index contributed by atoms with van der Waals surface area (Å²) in [6, 6.07) is 14.0. The molecular weight excluding hydrogens is 360 g/mol. The van der Waals surface area contributed by atoms with E-state index >= 15 is 0 Å². The lowest BCUT2D eigenvalue weighted by Crippen LogP contribution is -2.03. The Morgan fingerprint density at radius 1 is 1.19 bits per heavy atom. The summed E-state index contributed by atoms with van der Waals surface area (Å²) in [5.74, 6) is 0.831. The molecule has 0 aliphatic carbocycles. The molecule has 0 spiro atoms. The van der Waals surface area contributed by atoms with Crippen LogP contribution in [0.3, 0.4) is 0 Å². The van der Waals surface area contributed by atoms with Gasteiger partial charge in [-0.2, -0.15) is 0 Å². The summed E-state index contributed by atoms with van der Waals surface area (Å²) in [5, 5.41) is 17.8. The van der Waals surface area contributed by atoms with E-state index in [1.165, 1.54) is 0 Å². The van der Waals surface area contributed by atoms with Crippen LogP contribution in [0.25, 0.3) is 16.3 Å². The number of nitrogens with one attached hydrogen (secondary N) is 1. The van der Waals surface area contributed by atoms with Gasteiger partial charge in [0.1, 0.15) is 17.1 Å². The van der Waals surface area contributed by atoms with Crippen molar-refractivity contribution in [1.82, 2.24) is 25.2 Å². The highest BCUT2D eigenvalue weighted by molar-refractivity contribution is 7.13. The Balaban J connectivity index is 1.48. The molecule has 0 bridgehead atoms. The van der Waals surface area contributed by atoms with E-state index in [1.807, 2.05) is 49.4 Å². The minimum absolute atomic E-state index is 0.637. The number of hydrogen-bond acceptors (Lipinski definition) is 7. The summed E-state index contributed by atoms with van der Waals surface area (Å²) in [5.41, 5.74) is 5.08. The SMILES string of the molecule is COc1cccc(-c2nc(CNc3ccc(C)c(-n4cnnn4)c3)cs2)c1. The Labute approximate surface area is 160 Å². The van der Waals surface area contributed by atoms with Crippen molar-refractivity contribution >= 4 is 17.0 Å². The Kier molecular flexibility index (Phi) is 4.80. The predicted octanol–water partition coefficient (Wildman–Crippen LogP) is 3.71. The average Bonchev–Trinajstić information content (AvgIpc) is 3.39. The molecular formula is C19H18N6OS. The molecule has 2 heterocycles. The van der Waals surface area contributed by atoms with Crippen molar-refractivity contribution in [1.29, 1.82) is 0 Å². The zero-order valence-electron chi connectivity index (χ0n) is 15.0. The maximum Gasteiger partial charge on any atom is 0.143 e. The molecule has 0 atom stereocenters. The maximum atomic E-state index is 5.29. The molecule has 2 aromatic carbocycles. The van der Waals surface area contributed by atoms with Crippen LogP contribution in [0.5, 0.6) is 5.75 Å². The van der Waals surface area contributed by atoms with Gasteiger partial charge in [-0.1, -0.05) is 18.2 Å². The van der Waals surface area contributed by atoms with E-state index in [2.05, 4.69) is 26.2 Å². The standard InChI is InChI=1S/C19H18N6OS/c1-13-6-7-15(9-18(13)25-12-21-23-24-25)20-10-16-11-27-19(22-16)14-4-3-5-17(8-14)26-2/h3-9,11-12,20H,10H2,1-2H3. The van der Waals surface area contributed by atoms with Gasteiger partial charge in [-0.25, -0.2) is 9.67 Å². The van der Waals surface area contributed by atoms with Gasteiger partial charge in [-0.15, -0.1) is 16.4 Å². The minimum Gasteiger partial charge on any atom is -0.497 e. The predicted molar refractivity (Wildman–Crippen MR) is 105 cm³/mol. The lowest BCUT2D eigenvalue weighted by molar-refractivity contribution is 0.415. The van der Waals surface area contributed by atoms with E-state index in [4.69, 9.17) is 9.72 Å². The van der Waals surface area contributed by atoms with Crippen LogP contribution in [-0.4, -0.2) is 32.3 Å². The summed E-state index contributed by atoms with van der Waals surface area (Å²) in [6.45, 7) is 2.67. The molecule has 27 heavy (non-hydrogen) atoms. The highest BCUT2D eigenvalue weighted by Crippen LogP contribution is 2.27. The topological polar surface area (TPSA) is 77.8 Å². The summed E-state index contributed by atoms with van der Waals surface area (Å²) in [7, 11) is 1.67. The number of thiazole rings is 1. The van der Waals surface area contributed by atoms with Gasteiger partial charge in [-0.05, 0) is 47.2 Å². The zero-order chi connectivity index (χ0) is 18.6. The van der Waals surface area contributed by atoms with Gasteiger partial charge in [0.25, 0.3) is 0 Å². The van der Waals surface area contributed by atoms with E-state index in [1.54, 1.807) is 29.5 Å². The van der Waals surface area contributed by atoms with Crippen LogP contribution >= 0.6 is 11.3 Å². The van der Waals surface area contributed by atoms with Gasteiger partial charge >= 0.3 is 0 Å². The van der Waals surface area contributed by atoms with Crippen molar-refractivity contribution < 1.29 is 4.74 Å². The summed E-state index contributed by atoms with van der Waals surface area (Å²) >= 11 is 1.62. The highest BCUT2D eigenvalue weighted by atomic mass is 32.1. The molecule has 4 aromatic rings. The number of rotatable bonds is 6. The lowest BCUT2D eigenvalue weighted by Gasteiger charge is -2.09. The Morgan fingerprint density at radius 3 is 2.93 bits per heavy atom. The number of tetrazole rings is 1. The maximum absolute atomic E-state index is 5.29. The first-order valence-corrected chi connectivity index (χ1v) is 9.27. The van der Waals surface area contributed by atoms with Gasteiger partial charge in [0.2, 0.25) is 0 Å². The molecule has 0 saturated heterocycles. The van der Waals surface area contributed by atoms with E-state index in [0.29, 0.717) is 6.54 Å². The fourth-order valence-corrected chi connectivity index (χ4v) is 3.52. The summed E-state index contributed by atoms with van der Waals surface area (Å²) in [6.07, 6.45) is 1.59.